The first-order valence-corrected chi connectivity index (χ1v) is 9.38. The van der Waals surface area contributed by atoms with E-state index in [0.29, 0.717) is 29.2 Å². The van der Waals surface area contributed by atoms with Gasteiger partial charge in [-0.2, -0.15) is 0 Å². The fourth-order valence-electron chi connectivity index (χ4n) is 3.35. The summed E-state index contributed by atoms with van der Waals surface area (Å²) in [6.45, 7) is 7.35. The quantitative estimate of drug-likeness (QED) is 0.826. The van der Waals surface area contributed by atoms with Crippen LogP contribution in [-0.4, -0.2) is 36.5 Å². The maximum absolute atomic E-state index is 11.4. The highest BCUT2D eigenvalue weighted by Gasteiger charge is 2.24. The Bertz CT molecular complexity index is 791. The number of halogens is 1. The van der Waals surface area contributed by atoms with Gasteiger partial charge in [0, 0.05) is 29.1 Å². The molecule has 1 aliphatic rings. The van der Waals surface area contributed by atoms with Crippen LogP contribution in [0.2, 0.25) is 5.02 Å². The molecule has 0 spiro atoms. The zero-order chi connectivity index (χ0) is 18.7. The van der Waals surface area contributed by atoms with Gasteiger partial charge in [0.25, 0.3) is 0 Å². The monoisotopic (exact) mass is 372 g/mol. The molecule has 5 heteroatoms. The van der Waals surface area contributed by atoms with Crippen molar-refractivity contribution in [1.82, 2.24) is 4.90 Å². The number of ether oxygens (including phenoxy) is 1. The van der Waals surface area contributed by atoms with Crippen LogP contribution in [0.1, 0.15) is 30.6 Å². The zero-order valence-corrected chi connectivity index (χ0v) is 16.0. The van der Waals surface area contributed by atoms with Crippen molar-refractivity contribution < 1.29 is 9.53 Å². The van der Waals surface area contributed by atoms with Gasteiger partial charge in [0.1, 0.15) is 5.75 Å². The summed E-state index contributed by atoms with van der Waals surface area (Å²) in [5, 5.41) is 0.609. The number of hydrogen-bond donors (Lipinski definition) is 1. The number of nitrogens with zero attached hydrogens (tertiary/aromatic N) is 1. The van der Waals surface area contributed by atoms with Gasteiger partial charge in [-0.25, -0.2) is 0 Å². The highest BCUT2D eigenvalue weighted by molar-refractivity contribution is 6.31. The second-order valence-electron chi connectivity index (χ2n) is 7.18. The van der Waals surface area contributed by atoms with Crippen LogP contribution in [0.15, 0.2) is 42.5 Å². The van der Waals surface area contributed by atoms with Gasteiger partial charge in [0.05, 0.1) is 6.61 Å². The van der Waals surface area contributed by atoms with E-state index in [9.17, 15) is 4.79 Å². The SMILES string of the molecule is CC(C)N1CCC(COc2cc(Cl)cc(-c3cccc(C(N)=O)c3)c2)C1. The molecule has 1 amide bonds. The van der Waals surface area contributed by atoms with E-state index in [4.69, 9.17) is 22.1 Å². The van der Waals surface area contributed by atoms with Crippen LogP contribution in [0.4, 0.5) is 0 Å². The molecule has 2 aromatic rings. The third-order valence-electron chi connectivity index (χ3n) is 4.88. The average Bonchev–Trinajstić information content (AvgIpc) is 3.09. The van der Waals surface area contributed by atoms with E-state index in [1.165, 1.54) is 0 Å². The van der Waals surface area contributed by atoms with Gasteiger partial charge < -0.3 is 15.4 Å². The molecule has 0 bridgehead atoms. The first-order chi connectivity index (χ1) is 12.4. The van der Waals surface area contributed by atoms with Crippen LogP contribution in [-0.2, 0) is 0 Å². The van der Waals surface area contributed by atoms with Crippen molar-refractivity contribution in [1.29, 1.82) is 0 Å². The largest absolute Gasteiger partial charge is 0.493 e. The van der Waals surface area contributed by atoms with E-state index in [1.54, 1.807) is 12.1 Å². The Balaban J connectivity index is 1.72. The molecule has 1 saturated heterocycles. The molecule has 0 aromatic heterocycles. The Kier molecular flexibility index (Phi) is 5.84. The van der Waals surface area contributed by atoms with Gasteiger partial charge in [0.15, 0.2) is 0 Å². The van der Waals surface area contributed by atoms with Crippen molar-refractivity contribution >= 4 is 17.5 Å². The number of primary amides is 1. The number of rotatable bonds is 6. The first-order valence-electron chi connectivity index (χ1n) is 9.00. The molecule has 26 heavy (non-hydrogen) atoms. The van der Waals surface area contributed by atoms with Crippen molar-refractivity contribution in [3.05, 3.63) is 53.1 Å². The standard InChI is InChI=1S/C21H25ClN2O2/c1-14(2)24-7-6-15(12-24)13-26-20-10-18(9-19(22)11-20)16-4-3-5-17(8-16)21(23)25/h3-5,8-11,14-15H,6-7,12-13H2,1-2H3,(H2,23,25). The number of benzene rings is 2. The summed E-state index contributed by atoms with van der Waals surface area (Å²) >= 11 is 6.28. The molecule has 1 heterocycles. The lowest BCUT2D eigenvalue weighted by Gasteiger charge is -2.20. The third-order valence-corrected chi connectivity index (χ3v) is 5.10. The van der Waals surface area contributed by atoms with Gasteiger partial charge >= 0.3 is 0 Å². The normalized spacial score (nSPS) is 17.6. The highest BCUT2D eigenvalue weighted by Crippen LogP contribution is 2.30. The smallest absolute Gasteiger partial charge is 0.248 e. The summed E-state index contributed by atoms with van der Waals surface area (Å²) in [6.07, 6.45) is 1.16. The molecule has 1 aliphatic heterocycles. The molecule has 0 saturated carbocycles. The Hall–Kier alpha value is -2.04. The first kappa shape index (κ1) is 18.7. The molecule has 2 aromatic carbocycles. The van der Waals surface area contributed by atoms with E-state index in [0.717, 1.165) is 36.4 Å². The minimum absolute atomic E-state index is 0.443. The van der Waals surface area contributed by atoms with Crippen LogP contribution in [0, 0.1) is 5.92 Å². The molecular formula is C21H25ClN2O2. The number of amides is 1. The Labute approximate surface area is 159 Å². The Morgan fingerprint density at radius 1 is 1.27 bits per heavy atom. The summed E-state index contributed by atoms with van der Waals surface area (Å²) < 4.78 is 6.04. The minimum atomic E-state index is -0.443. The Morgan fingerprint density at radius 3 is 2.77 bits per heavy atom. The molecule has 1 atom stereocenters. The number of nitrogens with two attached hydrogens (primary N) is 1. The predicted octanol–water partition coefficient (Wildman–Crippen LogP) is 4.22. The van der Waals surface area contributed by atoms with E-state index in [2.05, 4.69) is 18.7 Å². The highest BCUT2D eigenvalue weighted by atomic mass is 35.5. The van der Waals surface area contributed by atoms with Crippen molar-refractivity contribution in [2.45, 2.75) is 26.3 Å². The lowest BCUT2D eigenvalue weighted by molar-refractivity contribution is 0.100. The molecule has 3 rings (SSSR count). The van der Waals surface area contributed by atoms with Gasteiger partial charge in [-0.3, -0.25) is 4.79 Å². The maximum Gasteiger partial charge on any atom is 0.248 e. The molecular weight excluding hydrogens is 348 g/mol. The number of likely N-dealkylation sites (tertiary alicyclic amines) is 1. The second-order valence-corrected chi connectivity index (χ2v) is 7.61. The molecule has 1 fully saturated rings. The number of hydrogen-bond acceptors (Lipinski definition) is 3. The van der Waals surface area contributed by atoms with Crippen molar-refractivity contribution in [2.24, 2.45) is 11.7 Å². The van der Waals surface area contributed by atoms with Crippen molar-refractivity contribution in [3.63, 3.8) is 0 Å². The van der Waals surface area contributed by atoms with Crippen molar-refractivity contribution in [3.8, 4) is 16.9 Å². The van der Waals surface area contributed by atoms with E-state index in [-0.39, 0.29) is 0 Å². The van der Waals surface area contributed by atoms with Crippen LogP contribution in [0.3, 0.4) is 0 Å². The van der Waals surface area contributed by atoms with Gasteiger partial charge in [-0.05, 0) is 68.3 Å². The van der Waals surface area contributed by atoms with E-state index < -0.39 is 5.91 Å². The predicted molar refractivity (Wildman–Crippen MR) is 106 cm³/mol. The summed E-state index contributed by atoms with van der Waals surface area (Å²) in [6, 6.07) is 13.5. The van der Waals surface area contributed by atoms with Crippen LogP contribution in [0.5, 0.6) is 5.75 Å². The second kappa shape index (κ2) is 8.11. The molecule has 4 nitrogen and oxygen atoms in total. The van der Waals surface area contributed by atoms with Gasteiger partial charge in [0.2, 0.25) is 5.91 Å². The molecule has 0 radical (unpaired) electrons. The average molecular weight is 373 g/mol. The Morgan fingerprint density at radius 2 is 2.08 bits per heavy atom. The molecule has 1 unspecified atom stereocenters. The van der Waals surface area contributed by atoms with E-state index >= 15 is 0 Å². The van der Waals surface area contributed by atoms with E-state index in [1.807, 2.05) is 30.3 Å². The molecule has 0 aliphatic carbocycles. The van der Waals surface area contributed by atoms with Crippen LogP contribution < -0.4 is 10.5 Å². The van der Waals surface area contributed by atoms with Gasteiger partial charge in [-0.15, -0.1) is 0 Å². The lowest BCUT2D eigenvalue weighted by Crippen LogP contribution is -2.29. The topological polar surface area (TPSA) is 55.6 Å². The summed E-state index contributed by atoms with van der Waals surface area (Å²) in [5.41, 5.74) is 7.65. The fourth-order valence-corrected chi connectivity index (χ4v) is 3.57. The fraction of sp³-hybridized carbons (Fsp3) is 0.381. The van der Waals surface area contributed by atoms with Gasteiger partial charge in [-0.1, -0.05) is 23.7 Å². The maximum atomic E-state index is 11.4. The summed E-state index contributed by atoms with van der Waals surface area (Å²) in [4.78, 5) is 13.9. The number of carbonyl (C=O) groups is 1. The lowest BCUT2D eigenvalue weighted by atomic mass is 10.0. The minimum Gasteiger partial charge on any atom is -0.493 e. The third kappa shape index (κ3) is 4.57. The van der Waals surface area contributed by atoms with Crippen LogP contribution in [0.25, 0.3) is 11.1 Å². The van der Waals surface area contributed by atoms with Crippen molar-refractivity contribution in [2.75, 3.05) is 19.7 Å². The van der Waals surface area contributed by atoms with Crippen LogP contribution >= 0.6 is 11.6 Å². The zero-order valence-electron chi connectivity index (χ0n) is 15.2. The molecule has 2 N–H and O–H groups in total. The summed E-state index contributed by atoms with van der Waals surface area (Å²) in [7, 11) is 0. The summed E-state index contributed by atoms with van der Waals surface area (Å²) in [5.74, 6) is 0.847. The number of carbonyl (C=O) groups excluding carboxylic acids is 1. The molecule has 138 valence electrons.